The van der Waals surface area contributed by atoms with Crippen molar-refractivity contribution in [2.75, 3.05) is 6.54 Å². The fourth-order valence-corrected chi connectivity index (χ4v) is 4.02. The highest BCUT2D eigenvalue weighted by Gasteiger charge is 2.49. The van der Waals surface area contributed by atoms with E-state index < -0.39 is 17.5 Å². The summed E-state index contributed by atoms with van der Waals surface area (Å²) in [6.45, 7) is 9.78. The summed E-state index contributed by atoms with van der Waals surface area (Å²) in [7, 11) is 0. The second-order valence-corrected chi connectivity index (χ2v) is 9.59. The molecule has 1 saturated heterocycles. The van der Waals surface area contributed by atoms with Crippen molar-refractivity contribution in [2.24, 2.45) is 0 Å². The van der Waals surface area contributed by atoms with Crippen LogP contribution < -0.4 is 10.6 Å². The number of benzene rings is 2. The summed E-state index contributed by atoms with van der Waals surface area (Å²) < 4.78 is 0. The number of nitrogens with one attached hydrogen (secondary N) is 2. The Morgan fingerprint density at radius 2 is 1.69 bits per heavy atom. The van der Waals surface area contributed by atoms with E-state index in [1.807, 2.05) is 54.6 Å². The maximum atomic E-state index is 13.2. The molecule has 0 saturated carbocycles. The maximum Gasteiger partial charge on any atom is 0.325 e. The van der Waals surface area contributed by atoms with Crippen LogP contribution in [0.5, 0.6) is 0 Å². The van der Waals surface area contributed by atoms with E-state index in [1.165, 1.54) is 0 Å². The molecule has 2 N–H and O–H groups in total. The van der Waals surface area contributed by atoms with Gasteiger partial charge in [-0.25, -0.2) is 4.79 Å². The fraction of sp³-hybridized carbons (Fsp3) is 0.423. The molecule has 4 amide bonds. The average Bonchev–Trinajstić information content (AvgIpc) is 2.97. The van der Waals surface area contributed by atoms with Gasteiger partial charge in [-0.2, -0.15) is 0 Å². The molecule has 0 aliphatic carbocycles. The number of urea groups is 1. The van der Waals surface area contributed by atoms with E-state index in [0.717, 1.165) is 28.9 Å². The predicted molar refractivity (Wildman–Crippen MR) is 125 cm³/mol. The van der Waals surface area contributed by atoms with Crippen LogP contribution in [0.3, 0.4) is 0 Å². The molecule has 2 unspecified atom stereocenters. The van der Waals surface area contributed by atoms with E-state index in [1.54, 1.807) is 6.92 Å². The van der Waals surface area contributed by atoms with Gasteiger partial charge in [-0.3, -0.25) is 14.5 Å². The molecule has 0 aromatic heterocycles. The monoisotopic (exact) mass is 435 g/mol. The molecule has 1 fully saturated rings. The third-order valence-electron chi connectivity index (χ3n) is 6.02. The van der Waals surface area contributed by atoms with Crippen LogP contribution in [0.4, 0.5) is 4.79 Å². The van der Waals surface area contributed by atoms with Crippen molar-refractivity contribution >= 4 is 17.8 Å². The van der Waals surface area contributed by atoms with Crippen LogP contribution in [0.15, 0.2) is 54.6 Å². The Morgan fingerprint density at radius 1 is 1.06 bits per heavy atom. The number of carbonyl (C=O) groups is 3. The van der Waals surface area contributed by atoms with Gasteiger partial charge in [0.15, 0.2) is 0 Å². The largest absolute Gasteiger partial charge is 0.348 e. The highest BCUT2D eigenvalue weighted by molar-refractivity contribution is 6.09. The molecule has 0 spiro atoms. The zero-order valence-electron chi connectivity index (χ0n) is 19.6. The lowest BCUT2D eigenvalue weighted by Crippen LogP contribution is -2.44. The molecule has 0 radical (unpaired) electrons. The summed E-state index contributed by atoms with van der Waals surface area (Å²) in [5.74, 6) is -0.781. The molecular weight excluding hydrogens is 402 g/mol. The van der Waals surface area contributed by atoms with Crippen LogP contribution in [-0.2, 0) is 20.5 Å². The van der Waals surface area contributed by atoms with E-state index in [2.05, 4.69) is 38.3 Å². The quantitative estimate of drug-likeness (QED) is 0.633. The molecule has 2 aromatic rings. The summed E-state index contributed by atoms with van der Waals surface area (Å²) in [5, 5.41) is 5.76. The second kappa shape index (κ2) is 9.15. The first kappa shape index (κ1) is 23.5. The van der Waals surface area contributed by atoms with Crippen LogP contribution in [0, 0.1) is 0 Å². The van der Waals surface area contributed by atoms with Crippen molar-refractivity contribution < 1.29 is 14.4 Å². The van der Waals surface area contributed by atoms with Crippen LogP contribution in [0.1, 0.15) is 70.2 Å². The maximum absolute atomic E-state index is 13.2. The van der Waals surface area contributed by atoms with E-state index in [4.69, 9.17) is 0 Å². The van der Waals surface area contributed by atoms with Crippen molar-refractivity contribution in [1.29, 1.82) is 0 Å². The van der Waals surface area contributed by atoms with E-state index in [0.29, 0.717) is 5.56 Å². The number of amides is 4. The highest BCUT2D eigenvalue weighted by atomic mass is 16.2. The minimum absolute atomic E-state index is 0.0136. The average molecular weight is 436 g/mol. The van der Waals surface area contributed by atoms with E-state index in [-0.39, 0.29) is 23.9 Å². The Bertz CT molecular complexity index is 980. The molecule has 0 bridgehead atoms. The van der Waals surface area contributed by atoms with Crippen LogP contribution in [-0.4, -0.2) is 29.3 Å². The summed E-state index contributed by atoms with van der Waals surface area (Å²) in [6, 6.07) is 16.7. The number of hydrogen-bond donors (Lipinski definition) is 2. The molecule has 2 aromatic carbocycles. The topological polar surface area (TPSA) is 78.5 Å². The molecular formula is C26H33N3O3. The Morgan fingerprint density at radius 3 is 2.25 bits per heavy atom. The van der Waals surface area contributed by atoms with Gasteiger partial charge in [0.2, 0.25) is 5.91 Å². The molecule has 6 heteroatoms. The van der Waals surface area contributed by atoms with E-state index in [9.17, 15) is 14.4 Å². The number of nitrogens with zero attached hydrogens (tertiary/aromatic N) is 1. The normalized spacial score (nSPS) is 19.6. The van der Waals surface area contributed by atoms with Crippen LogP contribution >= 0.6 is 0 Å². The lowest BCUT2D eigenvalue weighted by atomic mass is 9.84. The van der Waals surface area contributed by atoms with Gasteiger partial charge in [0.1, 0.15) is 12.1 Å². The first-order valence-electron chi connectivity index (χ1n) is 11.2. The van der Waals surface area contributed by atoms with Gasteiger partial charge in [0.05, 0.1) is 6.04 Å². The number of imide groups is 1. The van der Waals surface area contributed by atoms with Gasteiger partial charge < -0.3 is 10.6 Å². The van der Waals surface area contributed by atoms with Gasteiger partial charge in [-0.15, -0.1) is 0 Å². The molecule has 3 rings (SSSR count). The van der Waals surface area contributed by atoms with Crippen LogP contribution in [0.25, 0.3) is 0 Å². The Labute approximate surface area is 190 Å². The summed E-state index contributed by atoms with van der Waals surface area (Å²) >= 11 is 0. The first-order valence-corrected chi connectivity index (χ1v) is 11.2. The standard InChI is InChI=1S/C26H33N3O3/c1-6-10-21(18-11-8-7-9-12-18)27-22(30)17-29-23(31)26(5,28-24(29)32)20-15-13-19(14-16-20)25(2,3)4/h7-9,11-16,21H,6,10,17H2,1-5H3,(H,27,30)(H,28,32). The molecule has 2 atom stereocenters. The lowest BCUT2D eigenvalue weighted by molar-refractivity contribution is -0.135. The van der Waals surface area contributed by atoms with Gasteiger partial charge in [-0.05, 0) is 35.4 Å². The van der Waals surface area contributed by atoms with Crippen LogP contribution in [0.2, 0.25) is 0 Å². The molecule has 170 valence electrons. The van der Waals surface area contributed by atoms with Crippen molar-refractivity contribution in [3.05, 3.63) is 71.3 Å². The molecule has 1 aliphatic heterocycles. The smallest absolute Gasteiger partial charge is 0.325 e. The zero-order chi connectivity index (χ0) is 23.5. The van der Waals surface area contributed by atoms with Crippen molar-refractivity contribution in [3.8, 4) is 0 Å². The molecule has 1 heterocycles. The summed E-state index contributed by atoms with van der Waals surface area (Å²) in [5.41, 5.74) is 1.63. The van der Waals surface area contributed by atoms with Crippen molar-refractivity contribution in [2.45, 2.75) is 64.5 Å². The molecule has 1 aliphatic rings. The first-order chi connectivity index (χ1) is 15.1. The number of rotatable bonds is 7. The van der Waals surface area contributed by atoms with Crippen molar-refractivity contribution in [1.82, 2.24) is 15.5 Å². The van der Waals surface area contributed by atoms with Gasteiger partial charge in [0, 0.05) is 0 Å². The summed E-state index contributed by atoms with van der Waals surface area (Å²) in [6.07, 6.45) is 1.67. The van der Waals surface area contributed by atoms with Crippen molar-refractivity contribution in [3.63, 3.8) is 0 Å². The SMILES string of the molecule is CCCC(NC(=O)CN1C(=O)NC(C)(c2ccc(C(C)(C)C)cc2)C1=O)c1ccccc1. The predicted octanol–water partition coefficient (Wildman–Crippen LogP) is 4.41. The Balaban J connectivity index is 1.73. The lowest BCUT2D eigenvalue weighted by Gasteiger charge is -2.25. The molecule has 32 heavy (non-hydrogen) atoms. The molecule has 6 nitrogen and oxygen atoms in total. The highest BCUT2D eigenvalue weighted by Crippen LogP contribution is 2.31. The fourth-order valence-electron chi connectivity index (χ4n) is 4.02. The Hall–Kier alpha value is -3.15. The van der Waals surface area contributed by atoms with Gasteiger partial charge in [-0.1, -0.05) is 88.7 Å². The Kier molecular flexibility index (Phi) is 6.72. The minimum Gasteiger partial charge on any atom is -0.348 e. The second-order valence-electron chi connectivity index (χ2n) is 9.59. The number of hydrogen-bond acceptors (Lipinski definition) is 3. The van der Waals surface area contributed by atoms with E-state index >= 15 is 0 Å². The third kappa shape index (κ3) is 4.85. The van der Waals surface area contributed by atoms with Gasteiger partial charge in [0.25, 0.3) is 5.91 Å². The minimum atomic E-state index is -1.20. The zero-order valence-corrected chi connectivity index (χ0v) is 19.6. The summed E-state index contributed by atoms with van der Waals surface area (Å²) in [4.78, 5) is 39.6. The third-order valence-corrected chi connectivity index (χ3v) is 6.02. The van der Waals surface area contributed by atoms with Gasteiger partial charge >= 0.3 is 6.03 Å². The number of carbonyl (C=O) groups excluding carboxylic acids is 3.